The minimum atomic E-state index is -0.760. The predicted molar refractivity (Wildman–Crippen MR) is 110 cm³/mol. The summed E-state index contributed by atoms with van der Waals surface area (Å²) in [4.78, 5) is 45.8. The van der Waals surface area contributed by atoms with Gasteiger partial charge < -0.3 is 10.2 Å². The molecule has 154 valence electrons. The van der Waals surface area contributed by atoms with E-state index in [2.05, 4.69) is 20.4 Å². The molecule has 3 heterocycles. The Labute approximate surface area is 172 Å². The zero-order chi connectivity index (χ0) is 21.3. The average molecular weight is 406 g/mol. The summed E-state index contributed by atoms with van der Waals surface area (Å²) < 4.78 is 1.33. The lowest BCUT2D eigenvalue weighted by Gasteiger charge is -2.28. The first-order valence-electron chi connectivity index (χ1n) is 9.79. The van der Waals surface area contributed by atoms with Crippen molar-refractivity contribution < 1.29 is 9.59 Å². The maximum absolute atomic E-state index is 12.7. The summed E-state index contributed by atoms with van der Waals surface area (Å²) in [6.07, 6.45) is 1.29. The highest BCUT2D eigenvalue weighted by Crippen LogP contribution is 2.19. The van der Waals surface area contributed by atoms with Crippen molar-refractivity contribution in [3.8, 4) is 5.95 Å². The van der Waals surface area contributed by atoms with E-state index in [1.165, 1.54) is 21.2 Å². The monoisotopic (exact) mass is 406 g/mol. The zero-order valence-electron chi connectivity index (χ0n) is 16.8. The van der Waals surface area contributed by atoms with Crippen LogP contribution >= 0.6 is 0 Å². The molecule has 0 atom stereocenters. The lowest BCUT2D eigenvalue weighted by atomic mass is 10.00. The van der Waals surface area contributed by atoms with Crippen LogP contribution in [0.25, 0.3) is 5.95 Å². The molecule has 2 amide bonds. The topological polar surface area (TPSA) is 113 Å². The van der Waals surface area contributed by atoms with Crippen molar-refractivity contribution in [2.75, 3.05) is 11.9 Å². The number of aromatic nitrogens is 4. The van der Waals surface area contributed by atoms with Crippen LogP contribution in [-0.4, -0.2) is 43.0 Å². The summed E-state index contributed by atoms with van der Waals surface area (Å²) in [6, 6.07) is 10.9. The second-order valence-corrected chi connectivity index (χ2v) is 7.20. The number of carbonyl (C=O) groups is 2. The first kappa shape index (κ1) is 19.6. The zero-order valence-corrected chi connectivity index (χ0v) is 16.8. The SMILES string of the molecule is CCc1cc(=O)[nH]c(-n2nc(C)cc2NC(=O)C(=O)N2CCc3ccccc3C2)n1. The van der Waals surface area contributed by atoms with Crippen molar-refractivity contribution in [1.29, 1.82) is 0 Å². The number of aromatic amines is 1. The van der Waals surface area contributed by atoms with E-state index in [-0.39, 0.29) is 17.3 Å². The van der Waals surface area contributed by atoms with Crippen LogP contribution in [0.15, 0.2) is 41.2 Å². The number of aryl methyl sites for hydroxylation is 2. The summed E-state index contributed by atoms with van der Waals surface area (Å²) in [6.45, 7) is 4.51. The van der Waals surface area contributed by atoms with Gasteiger partial charge in [0.1, 0.15) is 5.82 Å². The molecular weight excluding hydrogens is 384 g/mol. The molecule has 0 radical (unpaired) electrons. The van der Waals surface area contributed by atoms with Gasteiger partial charge in [0.2, 0.25) is 5.95 Å². The molecule has 0 unspecified atom stereocenters. The molecule has 0 bridgehead atoms. The first-order chi connectivity index (χ1) is 14.4. The lowest BCUT2D eigenvalue weighted by Crippen LogP contribution is -2.42. The van der Waals surface area contributed by atoms with Crippen molar-refractivity contribution in [2.24, 2.45) is 0 Å². The molecule has 2 N–H and O–H groups in total. The van der Waals surface area contributed by atoms with Gasteiger partial charge in [0, 0.05) is 30.9 Å². The summed E-state index contributed by atoms with van der Waals surface area (Å²) in [5.41, 5.74) is 3.13. The Bertz CT molecular complexity index is 1180. The Hall–Kier alpha value is -3.75. The lowest BCUT2D eigenvalue weighted by molar-refractivity contribution is -0.143. The number of hydrogen-bond donors (Lipinski definition) is 2. The third-order valence-corrected chi connectivity index (χ3v) is 5.03. The number of nitrogens with zero attached hydrogens (tertiary/aromatic N) is 4. The highest BCUT2D eigenvalue weighted by molar-refractivity contribution is 6.39. The highest BCUT2D eigenvalue weighted by atomic mass is 16.2. The van der Waals surface area contributed by atoms with Gasteiger partial charge in [-0.05, 0) is 30.9 Å². The van der Waals surface area contributed by atoms with Gasteiger partial charge in [0.05, 0.1) is 5.69 Å². The van der Waals surface area contributed by atoms with Crippen LogP contribution < -0.4 is 10.9 Å². The molecule has 3 aromatic rings. The van der Waals surface area contributed by atoms with Crippen molar-refractivity contribution in [2.45, 2.75) is 33.2 Å². The van der Waals surface area contributed by atoms with Gasteiger partial charge in [0.25, 0.3) is 5.56 Å². The maximum atomic E-state index is 12.7. The Morgan fingerprint density at radius 2 is 1.97 bits per heavy atom. The molecular formula is C21H22N6O3. The van der Waals surface area contributed by atoms with Crippen LogP contribution in [0.5, 0.6) is 0 Å². The van der Waals surface area contributed by atoms with Crippen LogP contribution in [-0.2, 0) is 29.0 Å². The number of rotatable bonds is 3. The van der Waals surface area contributed by atoms with E-state index < -0.39 is 11.8 Å². The number of amides is 2. The van der Waals surface area contributed by atoms with Gasteiger partial charge in [-0.25, -0.2) is 4.98 Å². The van der Waals surface area contributed by atoms with Crippen molar-refractivity contribution >= 4 is 17.6 Å². The molecule has 1 aliphatic heterocycles. The molecule has 30 heavy (non-hydrogen) atoms. The number of hydrogen-bond acceptors (Lipinski definition) is 5. The number of carbonyl (C=O) groups excluding carboxylic acids is 2. The minimum absolute atomic E-state index is 0.182. The fourth-order valence-electron chi connectivity index (χ4n) is 3.51. The number of anilines is 1. The van der Waals surface area contributed by atoms with Gasteiger partial charge in [-0.1, -0.05) is 31.2 Å². The Kier molecular flexibility index (Phi) is 5.18. The Morgan fingerprint density at radius 1 is 1.20 bits per heavy atom. The summed E-state index contributed by atoms with van der Waals surface area (Å²) >= 11 is 0. The number of H-pyrrole nitrogens is 1. The third kappa shape index (κ3) is 3.86. The molecule has 4 rings (SSSR count). The fraction of sp³-hybridized carbons (Fsp3) is 0.286. The molecule has 0 saturated heterocycles. The molecule has 0 saturated carbocycles. The Balaban J connectivity index is 1.55. The van der Waals surface area contributed by atoms with E-state index in [0.717, 1.165) is 5.56 Å². The van der Waals surface area contributed by atoms with Gasteiger partial charge >= 0.3 is 11.8 Å². The molecule has 9 heteroatoms. The second-order valence-electron chi connectivity index (χ2n) is 7.20. The van der Waals surface area contributed by atoms with E-state index in [9.17, 15) is 14.4 Å². The normalized spacial score (nSPS) is 13.1. The van der Waals surface area contributed by atoms with Crippen LogP contribution in [0.3, 0.4) is 0 Å². The van der Waals surface area contributed by atoms with Gasteiger partial charge in [0.15, 0.2) is 0 Å². The van der Waals surface area contributed by atoms with Crippen LogP contribution in [0.2, 0.25) is 0 Å². The smallest absolute Gasteiger partial charge is 0.315 e. The number of fused-ring (bicyclic) bond motifs is 1. The van der Waals surface area contributed by atoms with E-state index in [4.69, 9.17) is 0 Å². The number of nitrogens with one attached hydrogen (secondary N) is 2. The first-order valence-corrected chi connectivity index (χ1v) is 9.79. The third-order valence-electron chi connectivity index (χ3n) is 5.03. The van der Waals surface area contributed by atoms with E-state index in [0.29, 0.717) is 37.3 Å². The van der Waals surface area contributed by atoms with Crippen LogP contribution in [0.1, 0.15) is 29.4 Å². The summed E-state index contributed by atoms with van der Waals surface area (Å²) in [7, 11) is 0. The van der Waals surface area contributed by atoms with Crippen molar-refractivity contribution in [1.82, 2.24) is 24.6 Å². The standard InChI is InChI=1S/C21H22N6O3/c1-3-16-11-18(28)24-21(22-16)27-17(10-13(2)25-27)23-19(29)20(30)26-9-8-14-6-4-5-7-15(14)12-26/h4-7,10-11H,3,8-9,12H2,1-2H3,(H,23,29)(H,22,24,28). The van der Waals surface area contributed by atoms with Crippen LogP contribution in [0.4, 0.5) is 5.82 Å². The largest absolute Gasteiger partial charge is 0.330 e. The highest BCUT2D eigenvalue weighted by Gasteiger charge is 2.27. The van der Waals surface area contributed by atoms with Crippen molar-refractivity contribution in [3.05, 3.63) is 69.3 Å². The van der Waals surface area contributed by atoms with Crippen LogP contribution in [0, 0.1) is 6.92 Å². The van der Waals surface area contributed by atoms with E-state index in [1.54, 1.807) is 13.0 Å². The molecule has 0 spiro atoms. The molecule has 1 aromatic carbocycles. The quantitative estimate of drug-likeness (QED) is 0.638. The van der Waals surface area contributed by atoms with Gasteiger partial charge in [-0.2, -0.15) is 9.78 Å². The van der Waals surface area contributed by atoms with E-state index >= 15 is 0 Å². The minimum Gasteiger partial charge on any atom is -0.330 e. The molecule has 1 aliphatic rings. The summed E-state index contributed by atoms with van der Waals surface area (Å²) in [5, 5.41) is 6.91. The molecule has 0 aliphatic carbocycles. The molecule has 2 aromatic heterocycles. The average Bonchev–Trinajstić information content (AvgIpc) is 3.12. The fourth-order valence-corrected chi connectivity index (χ4v) is 3.51. The van der Waals surface area contributed by atoms with Crippen molar-refractivity contribution in [3.63, 3.8) is 0 Å². The van der Waals surface area contributed by atoms with Gasteiger partial charge in [-0.15, -0.1) is 0 Å². The van der Waals surface area contributed by atoms with E-state index in [1.807, 2.05) is 31.2 Å². The second kappa shape index (κ2) is 7.94. The van der Waals surface area contributed by atoms with Gasteiger partial charge in [-0.3, -0.25) is 19.4 Å². The molecule has 9 nitrogen and oxygen atoms in total. The molecule has 0 fully saturated rings. The number of benzene rings is 1. The Morgan fingerprint density at radius 3 is 2.73 bits per heavy atom. The predicted octanol–water partition coefficient (Wildman–Crippen LogP) is 1.35. The summed E-state index contributed by atoms with van der Waals surface area (Å²) in [5.74, 6) is -0.926. The maximum Gasteiger partial charge on any atom is 0.315 e.